The number of nitriles is 2. The van der Waals surface area contributed by atoms with Crippen LogP contribution in [0.3, 0.4) is 0 Å². The van der Waals surface area contributed by atoms with E-state index in [0.29, 0.717) is 22.8 Å². The van der Waals surface area contributed by atoms with E-state index in [9.17, 15) is 0 Å². The molecule has 0 saturated heterocycles. The SMILES string of the molecule is COc1cc(C#N)cc(Oc2ccnc(C#N)c2)c1. The predicted molar refractivity (Wildman–Crippen MR) is 66.7 cm³/mol. The molecule has 2 rings (SSSR count). The second-order valence-electron chi connectivity index (χ2n) is 3.60. The van der Waals surface area contributed by atoms with Crippen LogP contribution in [0.4, 0.5) is 0 Å². The van der Waals surface area contributed by atoms with Crippen LogP contribution in [-0.4, -0.2) is 12.1 Å². The van der Waals surface area contributed by atoms with E-state index in [1.807, 2.05) is 12.1 Å². The van der Waals surface area contributed by atoms with E-state index < -0.39 is 0 Å². The zero-order chi connectivity index (χ0) is 13.7. The molecule has 5 nitrogen and oxygen atoms in total. The Hall–Kier alpha value is -3.05. The van der Waals surface area contributed by atoms with Gasteiger partial charge in [-0.15, -0.1) is 0 Å². The molecule has 0 atom stereocenters. The van der Waals surface area contributed by atoms with E-state index in [1.165, 1.54) is 19.4 Å². The summed E-state index contributed by atoms with van der Waals surface area (Å²) in [6.45, 7) is 0. The van der Waals surface area contributed by atoms with Crippen molar-refractivity contribution in [2.45, 2.75) is 0 Å². The number of nitrogens with zero attached hydrogens (tertiary/aromatic N) is 3. The summed E-state index contributed by atoms with van der Waals surface area (Å²) >= 11 is 0. The fourth-order valence-electron chi connectivity index (χ4n) is 1.48. The molecule has 1 aromatic carbocycles. The first-order chi connectivity index (χ1) is 9.25. The quantitative estimate of drug-likeness (QED) is 0.837. The molecule has 5 heteroatoms. The second kappa shape index (κ2) is 5.52. The van der Waals surface area contributed by atoms with Gasteiger partial charge in [-0.3, -0.25) is 0 Å². The maximum Gasteiger partial charge on any atom is 0.144 e. The summed E-state index contributed by atoms with van der Waals surface area (Å²) in [5.41, 5.74) is 0.699. The van der Waals surface area contributed by atoms with Gasteiger partial charge in [0.25, 0.3) is 0 Å². The van der Waals surface area contributed by atoms with Gasteiger partial charge >= 0.3 is 0 Å². The maximum atomic E-state index is 8.92. The Morgan fingerprint density at radius 2 is 1.79 bits per heavy atom. The highest BCUT2D eigenvalue weighted by Gasteiger charge is 2.04. The largest absolute Gasteiger partial charge is 0.497 e. The molecule has 1 aromatic heterocycles. The van der Waals surface area contributed by atoms with Gasteiger partial charge in [-0.1, -0.05) is 0 Å². The van der Waals surface area contributed by atoms with Gasteiger partial charge in [-0.25, -0.2) is 4.98 Å². The van der Waals surface area contributed by atoms with Crippen molar-refractivity contribution in [3.8, 4) is 29.4 Å². The van der Waals surface area contributed by atoms with Crippen LogP contribution in [0.1, 0.15) is 11.3 Å². The van der Waals surface area contributed by atoms with Crippen LogP contribution in [0.2, 0.25) is 0 Å². The fourth-order valence-corrected chi connectivity index (χ4v) is 1.48. The molecule has 0 saturated carbocycles. The van der Waals surface area contributed by atoms with Crippen LogP contribution in [0, 0.1) is 22.7 Å². The van der Waals surface area contributed by atoms with E-state index in [0.717, 1.165) is 0 Å². The Balaban J connectivity index is 2.32. The molecule has 0 aliphatic carbocycles. The van der Waals surface area contributed by atoms with Gasteiger partial charge in [0.05, 0.1) is 18.7 Å². The first-order valence-corrected chi connectivity index (χ1v) is 5.38. The monoisotopic (exact) mass is 251 g/mol. The number of benzene rings is 1. The highest BCUT2D eigenvalue weighted by atomic mass is 16.5. The van der Waals surface area contributed by atoms with Crippen molar-refractivity contribution in [2.75, 3.05) is 7.11 Å². The molecule has 1 heterocycles. The second-order valence-corrected chi connectivity index (χ2v) is 3.60. The lowest BCUT2D eigenvalue weighted by Gasteiger charge is -2.08. The minimum Gasteiger partial charge on any atom is -0.497 e. The minimum absolute atomic E-state index is 0.265. The Bertz CT molecular complexity index is 684. The summed E-state index contributed by atoms with van der Waals surface area (Å²) in [7, 11) is 1.51. The van der Waals surface area contributed by atoms with E-state index in [1.54, 1.807) is 24.3 Å². The Kier molecular flexibility index (Phi) is 3.61. The normalized spacial score (nSPS) is 9.21. The van der Waals surface area contributed by atoms with Gasteiger partial charge in [0.2, 0.25) is 0 Å². The summed E-state index contributed by atoms with van der Waals surface area (Å²) in [4.78, 5) is 3.85. The molecule has 0 bridgehead atoms. The standard InChI is InChI=1S/C14H9N3O2/c1-18-13-4-10(8-15)5-14(7-13)19-12-2-3-17-11(6-12)9-16/h2-7H,1H3. The smallest absolute Gasteiger partial charge is 0.144 e. The van der Waals surface area contributed by atoms with Gasteiger partial charge in [0, 0.05) is 18.3 Å². The topological polar surface area (TPSA) is 78.9 Å². The molecular formula is C14H9N3O2. The van der Waals surface area contributed by atoms with E-state index >= 15 is 0 Å². The molecule has 19 heavy (non-hydrogen) atoms. The van der Waals surface area contributed by atoms with Gasteiger partial charge in [0.1, 0.15) is 29.0 Å². The van der Waals surface area contributed by atoms with Crippen LogP contribution in [-0.2, 0) is 0 Å². The number of methoxy groups -OCH3 is 1. The number of hydrogen-bond donors (Lipinski definition) is 0. The van der Waals surface area contributed by atoms with Gasteiger partial charge in [-0.05, 0) is 18.2 Å². The maximum absolute atomic E-state index is 8.92. The average molecular weight is 251 g/mol. The number of ether oxygens (including phenoxy) is 2. The van der Waals surface area contributed by atoms with Crippen LogP contribution in [0.15, 0.2) is 36.5 Å². The summed E-state index contributed by atoms with van der Waals surface area (Å²) in [6, 6.07) is 12.0. The van der Waals surface area contributed by atoms with Crippen LogP contribution < -0.4 is 9.47 Å². The third-order valence-electron chi connectivity index (χ3n) is 2.33. The summed E-state index contributed by atoms with van der Waals surface area (Å²) in [5, 5.41) is 17.7. The highest BCUT2D eigenvalue weighted by Crippen LogP contribution is 2.27. The van der Waals surface area contributed by atoms with Crippen molar-refractivity contribution in [1.82, 2.24) is 4.98 Å². The molecule has 92 valence electrons. The lowest BCUT2D eigenvalue weighted by molar-refractivity contribution is 0.409. The summed E-state index contributed by atoms with van der Waals surface area (Å²) in [6.07, 6.45) is 1.49. The van der Waals surface area contributed by atoms with Crippen molar-refractivity contribution in [1.29, 1.82) is 10.5 Å². The molecule has 0 radical (unpaired) electrons. The number of hydrogen-bond acceptors (Lipinski definition) is 5. The minimum atomic E-state index is 0.265. The third kappa shape index (κ3) is 2.99. The number of rotatable bonds is 3. The Morgan fingerprint density at radius 1 is 1.00 bits per heavy atom. The van der Waals surface area contributed by atoms with E-state index in [4.69, 9.17) is 20.0 Å². The lowest BCUT2D eigenvalue weighted by atomic mass is 10.2. The predicted octanol–water partition coefficient (Wildman–Crippen LogP) is 2.63. The summed E-state index contributed by atoms with van der Waals surface area (Å²) in [5.74, 6) is 1.47. The van der Waals surface area contributed by atoms with Gasteiger partial charge < -0.3 is 9.47 Å². The zero-order valence-electron chi connectivity index (χ0n) is 10.1. The Morgan fingerprint density at radius 3 is 2.47 bits per heavy atom. The molecule has 0 amide bonds. The number of aromatic nitrogens is 1. The first kappa shape index (κ1) is 12.4. The molecule has 2 aromatic rings. The van der Waals surface area contributed by atoms with E-state index in [2.05, 4.69) is 4.98 Å². The van der Waals surface area contributed by atoms with Crippen molar-refractivity contribution in [3.63, 3.8) is 0 Å². The third-order valence-corrected chi connectivity index (χ3v) is 2.33. The number of pyridine rings is 1. The lowest BCUT2D eigenvalue weighted by Crippen LogP contribution is -1.90. The van der Waals surface area contributed by atoms with Crippen LogP contribution >= 0.6 is 0 Å². The molecule has 0 N–H and O–H groups in total. The van der Waals surface area contributed by atoms with Crippen LogP contribution in [0.5, 0.6) is 17.2 Å². The van der Waals surface area contributed by atoms with Crippen molar-refractivity contribution in [2.24, 2.45) is 0 Å². The molecular weight excluding hydrogens is 242 g/mol. The fraction of sp³-hybridized carbons (Fsp3) is 0.0714. The summed E-state index contributed by atoms with van der Waals surface area (Å²) < 4.78 is 10.7. The average Bonchev–Trinajstić information content (AvgIpc) is 2.47. The molecule has 0 fully saturated rings. The van der Waals surface area contributed by atoms with E-state index in [-0.39, 0.29) is 5.69 Å². The molecule has 0 aliphatic rings. The van der Waals surface area contributed by atoms with Crippen LogP contribution in [0.25, 0.3) is 0 Å². The van der Waals surface area contributed by atoms with Gasteiger partial charge in [0.15, 0.2) is 0 Å². The van der Waals surface area contributed by atoms with Crippen molar-refractivity contribution < 1.29 is 9.47 Å². The highest BCUT2D eigenvalue weighted by molar-refractivity contribution is 5.45. The zero-order valence-corrected chi connectivity index (χ0v) is 10.1. The molecule has 0 spiro atoms. The van der Waals surface area contributed by atoms with Crippen molar-refractivity contribution in [3.05, 3.63) is 47.8 Å². The molecule has 0 unspecified atom stereocenters. The Labute approximate surface area is 110 Å². The van der Waals surface area contributed by atoms with Gasteiger partial charge in [-0.2, -0.15) is 10.5 Å². The first-order valence-electron chi connectivity index (χ1n) is 5.38. The molecule has 0 aliphatic heterocycles. The van der Waals surface area contributed by atoms with Crippen molar-refractivity contribution >= 4 is 0 Å².